The van der Waals surface area contributed by atoms with Gasteiger partial charge in [-0.05, 0) is 46.2 Å². The predicted molar refractivity (Wildman–Crippen MR) is 103 cm³/mol. The van der Waals surface area contributed by atoms with Crippen LogP contribution in [0, 0.1) is 6.92 Å². The summed E-state index contributed by atoms with van der Waals surface area (Å²) in [4.78, 5) is 18.0. The minimum Gasteiger partial charge on any atom is -0.333 e. The Bertz CT molecular complexity index is 792. The molecule has 2 unspecified atom stereocenters. The second-order valence-corrected chi connectivity index (χ2v) is 7.75. The molecule has 2 aliphatic heterocycles. The van der Waals surface area contributed by atoms with Gasteiger partial charge in [0, 0.05) is 36.8 Å². The van der Waals surface area contributed by atoms with Crippen LogP contribution in [0.25, 0.3) is 11.3 Å². The highest BCUT2D eigenvalue weighted by Gasteiger charge is 2.38. The fourth-order valence-electron chi connectivity index (χ4n) is 4.59. The molecular weight excluding hydrogens is 324 g/mol. The van der Waals surface area contributed by atoms with Crippen LogP contribution < -0.4 is 0 Å². The Morgan fingerprint density at radius 3 is 2.54 bits per heavy atom. The van der Waals surface area contributed by atoms with E-state index in [1.165, 1.54) is 25.9 Å². The van der Waals surface area contributed by atoms with E-state index in [2.05, 4.69) is 21.8 Å². The van der Waals surface area contributed by atoms with Crippen LogP contribution in [-0.4, -0.2) is 57.2 Å². The van der Waals surface area contributed by atoms with Gasteiger partial charge in [-0.15, -0.1) is 0 Å². The summed E-state index contributed by atoms with van der Waals surface area (Å²) in [5.74, 6) is 0.119. The smallest absolute Gasteiger partial charge is 0.272 e. The molecule has 2 aromatic rings. The van der Waals surface area contributed by atoms with Crippen molar-refractivity contribution in [3.63, 3.8) is 0 Å². The molecule has 4 rings (SSSR count). The lowest BCUT2D eigenvalue weighted by Crippen LogP contribution is -2.39. The highest BCUT2D eigenvalue weighted by atomic mass is 16.2. The van der Waals surface area contributed by atoms with Crippen LogP contribution >= 0.6 is 0 Å². The molecule has 5 nitrogen and oxygen atoms in total. The van der Waals surface area contributed by atoms with Gasteiger partial charge < -0.3 is 4.90 Å². The number of aryl methyl sites for hydroxylation is 1. The zero-order chi connectivity index (χ0) is 18.3. The fraction of sp³-hybridized carbons (Fsp3) is 0.524. The van der Waals surface area contributed by atoms with E-state index in [9.17, 15) is 4.79 Å². The van der Waals surface area contributed by atoms with Crippen LogP contribution in [0.5, 0.6) is 0 Å². The van der Waals surface area contributed by atoms with Crippen LogP contribution in [0.1, 0.15) is 42.2 Å². The average molecular weight is 352 g/mol. The predicted octanol–water partition coefficient (Wildman–Crippen LogP) is 3.09. The molecule has 0 spiro atoms. The maximum atomic E-state index is 13.4. The lowest BCUT2D eigenvalue weighted by Gasteiger charge is -2.24. The van der Waals surface area contributed by atoms with E-state index in [-0.39, 0.29) is 11.9 Å². The quantitative estimate of drug-likeness (QED) is 0.852. The van der Waals surface area contributed by atoms with Gasteiger partial charge in [0.1, 0.15) is 5.69 Å². The number of carbonyl (C=O) groups is 1. The zero-order valence-electron chi connectivity index (χ0n) is 16.0. The minimum atomic E-state index is 0.119. The average Bonchev–Trinajstić information content (AvgIpc) is 3.35. The maximum absolute atomic E-state index is 13.4. The van der Waals surface area contributed by atoms with Crippen molar-refractivity contribution in [2.24, 2.45) is 7.05 Å². The molecule has 26 heavy (non-hydrogen) atoms. The molecule has 2 fully saturated rings. The molecule has 3 heterocycles. The molecule has 1 amide bonds. The second-order valence-electron chi connectivity index (χ2n) is 7.75. The summed E-state index contributed by atoms with van der Waals surface area (Å²) in [6.45, 7) is 7.40. The third-order valence-electron chi connectivity index (χ3n) is 6.00. The molecule has 5 heteroatoms. The second kappa shape index (κ2) is 6.88. The van der Waals surface area contributed by atoms with Crippen molar-refractivity contribution in [1.82, 2.24) is 19.6 Å². The maximum Gasteiger partial charge on any atom is 0.272 e. The number of nitrogens with zero attached hydrogens (tertiary/aromatic N) is 4. The number of aromatic nitrogens is 2. The molecule has 0 N–H and O–H groups in total. The number of hydrogen-bond donors (Lipinski definition) is 0. The van der Waals surface area contributed by atoms with Crippen molar-refractivity contribution in [2.45, 2.75) is 45.2 Å². The Morgan fingerprint density at radius 2 is 1.85 bits per heavy atom. The molecule has 1 aromatic heterocycles. The molecule has 2 saturated heterocycles. The minimum absolute atomic E-state index is 0.119. The number of benzene rings is 1. The van der Waals surface area contributed by atoms with Crippen molar-refractivity contribution in [1.29, 1.82) is 0 Å². The lowest BCUT2D eigenvalue weighted by molar-refractivity contribution is 0.0726. The summed E-state index contributed by atoms with van der Waals surface area (Å²) >= 11 is 0. The van der Waals surface area contributed by atoms with Crippen molar-refractivity contribution < 1.29 is 4.79 Å². The van der Waals surface area contributed by atoms with Crippen molar-refractivity contribution >= 4 is 5.91 Å². The van der Waals surface area contributed by atoms with Gasteiger partial charge in [-0.1, -0.05) is 30.3 Å². The summed E-state index contributed by atoms with van der Waals surface area (Å²) in [7, 11) is 1.88. The molecule has 0 bridgehead atoms. The summed E-state index contributed by atoms with van der Waals surface area (Å²) in [5.41, 5.74) is 3.65. The summed E-state index contributed by atoms with van der Waals surface area (Å²) in [5, 5.41) is 4.65. The molecule has 0 saturated carbocycles. The van der Waals surface area contributed by atoms with Crippen LogP contribution in [0.4, 0.5) is 0 Å². The zero-order valence-corrected chi connectivity index (χ0v) is 16.0. The van der Waals surface area contributed by atoms with Gasteiger partial charge in [0.15, 0.2) is 0 Å². The van der Waals surface area contributed by atoms with Crippen LogP contribution in [0.15, 0.2) is 30.3 Å². The summed E-state index contributed by atoms with van der Waals surface area (Å²) in [6, 6.07) is 10.9. The molecule has 0 radical (unpaired) electrons. The van der Waals surface area contributed by atoms with E-state index in [0.717, 1.165) is 35.5 Å². The Morgan fingerprint density at radius 1 is 1.15 bits per heavy atom. The van der Waals surface area contributed by atoms with E-state index < -0.39 is 0 Å². The van der Waals surface area contributed by atoms with Crippen LogP contribution in [-0.2, 0) is 7.05 Å². The van der Waals surface area contributed by atoms with Gasteiger partial charge >= 0.3 is 0 Å². The van der Waals surface area contributed by atoms with Crippen LogP contribution in [0.3, 0.4) is 0 Å². The van der Waals surface area contributed by atoms with Gasteiger partial charge in [0.05, 0.1) is 5.69 Å². The topological polar surface area (TPSA) is 41.4 Å². The van der Waals surface area contributed by atoms with Crippen molar-refractivity contribution in [3.05, 3.63) is 41.6 Å². The first-order chi connectivity index (χ1) is 12.6. The van der Waals surface area contributed by atoms with E-state index in [1.54, 1.807) is 4.68 Å². The number of amides is 1. The Labute approximate surface area is 155 Å². The molecule has 1 aromatic carbocycles. The van der Waals surface area contributed by atoms with Crippen LogP contribution in [0.2, 0.25) is 0 Å². The number of carbonyl (C=O) groups excluding carboxylic acids is 1. The van der Waals surface area contributed by atoms with E-state index in [4.69, 9.17) is 0 Å². The van der Waals surface area contributed by atoms with Gasteiger partial charge in [-0.2, -0.15) is 5.10 Å². The van der Waals surface area contributed by atoms with E-state index in [1.807, 2.05) is 44.3 Å². The third-order valence-corrected chi connectivity index (χ3v) is 6.00. The fourth-order valence-corrected chi connectivity index (χ4v) is 4.59. The molecular formula is C21H28N4O. The third kappa shape index (κ3) is 2.94. The highest BCUT2D eigenvalue weighted by molar-refractivity contribution is 5.96. The summed E-state index contributed by atoms with van der Waals surface area (Å²) in [6.07, 6.45) is 3.66. The van der Waals surface area contributed by atoms with Gasteiger partial charge in [0.2, 0.25) is 0 Å². The lowest BCUT2D eigenvalue weighted by atomic mass is 10.1. The number of hydrogen-bond acceptors (Lipinski definition) is 3. The van der Waals surface area contributed by atoms with Crippen molar-refractivity contribution in [3.8, 4) is 11.3 Å². The Hall–Kier alpha value is -2.14. The standard InChI is InChI=1S/C21H28N4O/c1-15-13-18(24-11-7-8-12-24)14-25(15)21(26)20-16(2)19(22-23(20)3)17-9-5-4-6-10-17/h4-6,9-10,15,18H,7-8,11-14H2,1-3H3. The molecule has 138 valence electrons. The molecule has 2 atom stereocenters. The summed E-state index contributed by atoms with van der Waals surface area (Å²) < 4.78 is 1.76. The monoisotopic (exact) mass is 352 g/mol. The SMILES string of the molecule is Cc1c(-c2ccccc2)nn(C)c1C(=O)N1CC(N2CCCC2)CC1C. The van der Waals surface area contributed by atoms with E-state index >= 15 is 0 Å². The number of likely N-dealkylation sites (tertiary alicyclic amines) is 2. The Kier molecular flexibility index (Phi) is 4.57. The van der Waals surface area contributed by atoms with Gasteiger partial charge in [0.25, 0.3) is 5.91 Å². The van der Waals surface area contributed by atoms with Gasteiger partial charge in [-0.3, -0.25) is 14.4 Å². The Balaban J connectivity index is 1.59. The largest absolute Gasteiger partial charge is 0.333 e. The van der Waals surface area contributed by atoms with E-state index in [0.29, 0.717) is 6.04 Å². The first-order valence-corrected chi connectivity index (χ1v) is 9.70. The normalized spacial score (nSPS) is 23.7. The molecule has 0 aliphatic carbocycles. The molecule has 2 aliphatic rings. The number of rotatable bonds is 3. The van der Waals surface area contributed by atoms with Gasteiger partial charge in [-0.25, -0.2) is 0 Å². The first kappa shape index (κ1) is 17.3. The first-order valence-electron chi connectivity index (χ1n) is 9.70. The highest BCUT2D eigenvalue weighted by Crippen LogP contribution is 2.29. The van der Waals surface area contributed by atoms with Crippen molar-refractivity contribution in [2.75, 3.05) is 19.6 Å².